The van der Waals surface area contributed by atoms with E-state index in [2.05, 4.69) is 4.98 Å². The SMILES string of the molecule is CC(=O)c1ccc(OC(=O)c2ccc(-n3c(C)nc4ccccc4c3=O)cc2)cc1. The van der Waals surface area contributed by atoms with Gasteiger partial charge in [0.1, 0.15) is 11.6 Å². The quantitative estimate of drug-likeness (QED) is 0.294. The number of para-hydroxylation sites is 1. The molecule has 0 fully saturated rings. The van der Waals surface area contributed by atoms with Crippen molar-refractivity contribution < 1.29 is 14.3 Å². The molecule has 1 aromatic heterocycles. The number of aryl methyl sites for hydroxylation is 1. The van der Waals surface area contributed by atoms with Crippen LogP contribution in [0, 0.1) is 6.92 Å². The first-order valence-corrected chi connectivity index (χ1v) is 9.36. The van der Waals surface area contributed by atoms with Gasteiger partial charge in [0.15, 0.2) is 5.78 Å². The van der Waals surface area contributed by atoms with Crippen LogP contribution in [0.25, 0.3) is 16.6 Å². The summed E-state index contributed by atoms with van der Waals surface area (Å²) in [6.45, 7) is 3.24. The zero-order valence-electron chi connectivity index (χ0n) is 16.5. The van der Waals surface area contributed by atoms with Gasteiger partial charge in [0.05, 0.1) is 22.2 Å². The van der Waals surface area contributed by atoms with Gasteiger partial charge in [-0.1, -0.05) is 12.1 Å². The number of ether oxygens (including phenoxy) is 1. The number of rotatable bonds is 4. The topological polar surface area (TPSA) is 78.3 Å². The van der Waals surface area contributed by atoms with Crippen LogP contribution in [-0.4, -0.2) is 21.3 Å². The van der Waals surface area contributed by atoms with Crippen LogP contribution in [0.2, 0.25) is 0 Å². The molecule has 6 heteroatoms. The number of Topliss-reactive ketones (excluding diaryl/α,β-unsaturated/α-hetero) is 1. The number of nitrogens with zero attached hydrogens (tertiary/aromatic N) is 2. The second kappa shape index (κ2) is 7.75. The van der Waals surface area contributed by atoms with Gasteiger partial charge in [-0.05, 0) is 74.5 Å². The number of ketones is 1. The molecule has 0 N–H and O–H groups in total. The largest absolute Gasteiger partial charge is 0.423 e. The predicted octanol–water partition coefficient (Wildman–Crippen LogP) is 4.12. The summed E-state index contributed by atoms with van der Waals surface area (Å²) in [5, 5.41) is 0.528. The van der Waals surface area contributed by atoms with E-state index in [0.717, 1.165) is 0 Å². The molecule has 0 aliphatic heterocycles. The molecule has 3 aromatic carbocycles. The Morgan fingerprint density at radius 1 is 0.867 bits per heavy atom. The lowest BCUT2D eigenvalue weighted by atomic mass is 10.1. The molecule has 0 aliphatic carbocycles. The maximum Gasteiger partial charge on any atom is 0.343 e. The van der Waals surface area contributed by atoms with Crippen molar-refractivity contribution in [3.63, 3.8) is 0 Å². The number of carbonyl (C=O) groups is 2. The van der Waals surface area contributed by atoms with E-state index >= 15 is 0 Å². The van der Waals surface area contributed by atoms with Crippen LogP contribution in [0.4, 0.5) is 0 Å². The van der Waals surface area contributed by atoms with Crippen molar-refractivity contribution in [3.8, 4) is 11.4 Å². The molecule has 0 unspecified atom stereocenters. The number of hydrogen-bond donors (Lipinski definition) is 0. The van der Waals surface area contributed by atoms with Crippen LogP contribution in [0.1, 0.15) is 33.5 Å². The first-order valence-electron chi connectivity index (χ1n) is 9.36. The lowest BCUT2D eigenvalue weighted by molar-refractivity contribution is 0.0734. The van der Waals surface area contributed by atoms with Crippen LogP contribution in [0.3, 0.4) is 0 Å². The highest BCUT2D eigenvalue weighted by Crippen LogP contribution is 2.17. The number of benzene rings is 3. The number of esters is 1. The van der Waals surface area contributed by atoms with E-state index in [4.69, 9.17) is 4.74 Å². The van der Waals surface area contributed by atoms with Crippen LogP contribution in [-0.2, 0) is 0 Å². The molecule has 0 aliphatic rings. The van der Waals surface area contributed by atoms with Crippen LogP contribution in [0.5, 0.6) is 5.75 Å². The molecule has 30 heavy (non-hydrogen) atoms. The highest BCUT2D eigenvalue weighted by atomic mass is 16.5. The highest BCUT2D eigenvalue weighted by Gasteiger charge is 2.12. The average Bonchev–Trinajstić information content (AvgIpc) is 2.74. The number of hydrogen-bond acceptors (Lipinski definition) is 5. The monoisotopic (exact) mass is 398 g/mol. The van der Waals surface area contributed by atoms with Crippen molar-refractivity contribution in [2.75, 3.05) is 0 Å². The van der Waals surface area contributed by atoms with Gasteiger partial charge in [-0.2, -0.15) is 0 Å². The molecule has 1 heterocycles. The normalized spacial score (nSPS) is 10.7. The lowest BCUT2D eigenvalue weighted by Gasteiger charge is -2.11. The summed E-state index contributed by atoms with van der Waals surface area (Å²) < 4.78 is 6.87. The minimum absolute atomic E-state index is 0.0582. The summed E-state index contributed by atoms with van der Waals surface area (Å²) in [5.74, 6) is 0.314. The zero-order chi connectivity index (χ0) is 21.3. The van der Waals surface area contributed by atoms with Crippen molar-refractivity contribution in [1.82, 2.24) is 9.55 Å². The Balaban J connectivity index is 1.60. The van der Waals surface area contributed by atoms with Crippen LogP contribution < -0.4 is 10.3 Å². The molecular formula is C24H18N2O4. The molecule has 0 radical (unpaired) electrons. The Bertz CT molecular complexity index is 1320. The molecule has 148 valence electrons. The predicted molar refractivity (Wildman–Crippen MR) is 113 cm³/mol. The smallest absolute Gasteiger partial charge is 0.343 e. The average molecular weight is 398 g/mol. The minimum Gasteiger partial charge on any atom is -0.423 e. The fourth-order valence-electron chi connectivity index (χ4n) is 3.22. The Morgan fingerprint density at radius 3 is 2.17 bits per heavy atom. The Labute approximate surface area is 172 Å². The molecule has 0 amide bonds. The van der Waals surface area contributed by atoms with Crippen molar-refractivity contribution >= 4 is 22.7 Å². The van der Waals surface area contributed by atoms with Gasteiger partial charge >= 0.3 is 5.97 Å². The van der Waals surface area contributed by atoms with Gasteiger partial charge in [-0.3, -0.25) is 14.2 Å². The van der Waals surface area contributed by atoms with Gasteiger partial charge in [0, 0.05) is 5.56 Å². The maximum absolute atomic E-state index is 12.9. The standard InChI is InChI=1S/C24H18N2O4/c1-15(27)17-9-13-20(14-10-17)30-24(29)18-7-11-19(12-8-18)26-16(2)25-22-6-4-3-5-21(22)23(26)28/h3-14H,1-2H3. The second-order valence-electron chi connectivity index (χ2n) is 6.83. The Hall–Kier alpha value is -4.06. The van der Waals surface area contributed by atoms with Gasteiger partial charge in [-0.25, -0.2) is 9.78 Å². The van der Waals surface area contributed by atoms with E-state index in [-0.39, 0.29) is 11.3 Å². The summed E-state index contributed by atoms with van der Waals surface area (Å²) >= 11 is 0. The fraction of sp³-hybridized carbons (Fsp3) is 0.0833. The van der Waals surface area contributed by atoms with E-state index in [1.165, 1.54) is 11.5 Å². The molecule has 4 aromatic rings. The van der Waals surface area contributed by atoms with E-state index in [0.29, 0.717) is 39.3 Å². The third-order valence-corrected chi connectivity index (χ3v) is 4.78. The Morgan fingerprint density at radius 2 is 1.50 bits per heavy atom. The van der Waals surface area contributed by atoms with E-state index in [1.54, 1.807) is 73.7 Å². The second-order valence-corrected chi connectivity index (χ2v) is 6.83. The molecule has 0 atom stereocenters. The minimum atomic E-state index is -0.530. The summed E-state index contributed by atoms with van der Waals surface area (Å²) in [4.78, 5) is 41.1. The lowest BCUT2D eigenvalue weighted by Crippen LogP contribution is -2.22. The van der Waals surface area contributed by atoms with Crippen molar-refractivity contribution in [3.05, 3.63) is 100 Å². The number of carbonyl (C=O) groups excluding carboxylic acids is 2. The number of fused-ring (bicyclic) bond motifs is 1. The maximum atomic E-state index is 12.9. The van der Waals surface area contributed by atoms with E-state index < -0.39 is 5.97 Å². The van der Waals surface area contributed by atoms with Crippen molar-refractivity contribution in [2.45, 2.75) is 13.8 Å². The summed E-state index contributed by atoms with van der Waals surface area (Å²) in [7, 11) is 0. The first-order chi connectivity index (χ1) is 14.4. The molecule has 0 spiro atoms. The first kappa shape index (κ1) is 19.3. The van der Waals surface area contributed by atoms with Gasteiger partial charge < -0.3 is 4.74 Å². The molecule has 0 bridgehead atoms. The Kier molecular flexibility index (Phi) is 4.98. The van der Waals surface area contributed by atoms with Crippen LogP contribution in [0.15, 0.2) is 77.6 Å². The van der Waals surface area contributed by atoms with Crippen molar-refractivity contribution in [1.29, 1.82) is 0 Å². The van der Waals surface area contributed by atoms with Crippen LogP contribution >= 0.6 is 0 Å². The van der Waals surface area contributed by atoms with Crippen molar-refractivity contribution in [2.24, 2.45) is 0 Å². The molecule has 0 saturated carbocycles. The summed E-state index contributed by atoms with van der Waals surface area (Å²) in [5.41, 5.74) is 1.97. The zero-order valence-corrected chi connectivity index (χ0v) is 16.5. The summed E-state index contributed by atoms with van der Waals surface area (Å²) in [6, 6.07) is 20.1. The molecule has 6 nitrogen and oxygen atoms in total. The highest BCUT2D eigenvalue weighted by molar-refractivity contribution is 5.94. The number of aromatic nitrogens is 2. The molecule has 4 rings (SSSR count). The molecular weight excluding hydrogens is 380 g/mol. The van der Waals surface area contributed by atoms with Gasteiger partial charge in [0.25, 0.3) is 5.56 Å². The summed E-state index contributed by atoms with van der Waals surface area (Å²) in [6.07, 6.45) is 0. The van der Waals surface area contributed by atoms with E-state index in [9.17, 15) is 14.4 Å². The van der Waals surface area contributed by atoms with Gasteiger partial charge in [0.2, 0.25) is 0 Å². The van der Waals surface area contributed by atoms with Gasteiger partial charge in [-0.15, -0.1) is 0 Å². The fourth-order valence-corrected chi connectivity index (χ4v) is 3.22. The molecule has 0 saturated heterocycles. The van der Waals surface area contributed by atoms with E-state index in [1.807, 2.05) is 6.07 Å². The third-order valence-electron chi connectivity index (χ3n) is 4.78. The third kappa shape index (κ3) is 3.63.